The fourth-order valence-electron chi connectivity index (χ4n) is 6.30. The summed E-state index contributed by atoms with van der Waals surface area (Å²) >= 11 is 1.64. The lowest BCUT2D eigenvalue weighted by molar-refractivity contribution is -0.0612. The van der Waals surface area contributed by atoms with E-state index in [1.165, 1.54) is 6.42 Å². The number of nitrogens with two attached hydrogens (primary N) is 1. The summed E-state index contributed by atoms with van der Waals surface area (Å²) in [6, 6.07) is 7.93. The smallest absolute Gasteiger partial charge is 0.260 e. The van der Waals surface area contributed by atoms with Crippen LogP contribution in [-0.2, 0) is 36.7 Å². The second kappa shape index (κ2) is 11.2. The van der Waals surface area contributed by atoms with Crippen molar-refractivity contribution >= 4 is 29.4 Å². The Labute approximate surface area is 244 Å². The van der Waals surface area contributed by atoms with Gasteiger partial charge in [-0.1, -0.05) is 13.8 Å². The monoisotopic (exact) mass is 575 g/mol. The van der Waals surface area contributed by atoms with E-state index in [-0.39, 0.29) is 17.9 Å². The third kappa shape index (κ3) is 5.38. The van der Waals surface area contributed by atoms with Crippen LogP contribution in [0.25, 0.3) is 0 Å². The Morgan fingerprint density at radius 2 is 2.07 bits per heavy atom. The minimum atomic E-state index is -0.511. The van der Waals surface area contributed by atoms with Crippen LogP contribution in [0.2, 0.25) is 0 Å². The van der Waals surface area contributed by atoms with E-state index in [9.17, 15) is 9.59 Å². The van der Waals surface area contributed by atoms with Gasteiger partial charge in [0.15, 0.2) is 0 Å². The number of carbonyl (C=O) groups is 2. The van der Waals surface area contributed by atoms with Crippen molar-refractivity contribution in [2.24, 2.45) is 18.7 Å². The lowest BCUT2D eigenvalue weighted by atomic mass is 9.76. The maximum atomic E-state index is 14.0. The lowest BCUT2D eigenvalue weighted by Crippen LogP contribution is -2.49. The fraction of sp³-hybridized carbons (Fsp3) is 0.500. The van der Waals surface area contributed by atoms with E-state index in [1.54, 1.807) is 23.0 Å². The highest BCUT2D eigenvalue weighted by Crippen LogP contribution is 2.40. The van der Waals surface area contributed by atoms with Crippen molar-refractivity contribution in [2.75, 3.05) is 37.0 Å². The molecule has 0 aliphatic carbocycles. The third-order valence-corrected chi connectivity index (χ3v) is 9.34. The Balaban J connectivity index is 1.34. The van der Waals surface area contributed by atoms with Gasteiger partial charge in [-0.25, -0.2) is 4.98 Å². The minimum absolute atomic E-state index is 0.152. The number of piperidine rings is 1. The molecule has 5 heterocycles. The van der Waals surface area contributed by atoms with Crippen LogP contribution in [0.1, 0.15) is 69.9 Å². The summed E-state index contributed by atoms with van der Waals surface area (Å²) in [5.74, 6) is 2.27. The predicted molar refractivity (Wildman–Crippen MR) is 157 cm³/mol. The van der Waals surface area contributed by atoms with Gasteiger partial charge in [0.1, 0.15) is 18.0 Å². The summed E-state index contributed by atoms with van der Waals surface area (Å²) in [5, 5.41) is 9.21. The van der Waals surface area contributed by atoms with Crippen LogP contribution < -0.4 is 10.6 Å². The number of rotatable bonds is 9. The first-order valence-corrected chi connectivity index (χ1v) is 15.3. The molecule has 41 heavy (non-hydrogen) atoms. The van der Waals surface area contributed by atoms with E-state index in [4.69, 9.17) is 15.5 Å². The van der Waals surface area contributed by atoms with Gasteiger partial charge in [-0.15, -0.1) is 22.0 Å². The summed E-state index contributed by atoms with van der Waals surface area (Å²) in [7, 11) is 1.94. The molecule has 3 aromatic rings. The Morgan fingerprint density at radius 1 is 1.24 bits per heavy atom. The van der Waals surface area contributed by atoms with Crippen molar-refractivity contribution in [3.8, 4) is 0 Å². The van der Waals surface area contributed by atoms with E-state index >= 15 is 0 Å². The molecule has 11 heteroatoms. The summed E-state index contributed by atoms with van der Waals surface area (Å²) in [6.07, 6.45) is 4.76. The highest BCUT2D eigenvalue weighted by atomic mass is 32.2. The number of likely N-dealkylation sites (tertiary alicyclic amines) is 1. The number of hydrogen-bond acceptors (Lipinski definition) is 8. The number of anilines is 1. The number of primary amides is 1. The molecule has 2 saturated heterocycles. The number of nitrogens with zero attached hydrogens (tertiary/aromatic N) is 6. The normalized spacial score (nSPS) is 20.2. The van der Waals surface area contributed by atoms with Crippen LogP contribution in [-0.4, -0.2) is 68.5 Å². The number of carbonyl (C=O) groups excluding carboxylic acids is 2. The summed E-state index contributed by atoms with van der Waals surface area (Å²) in [6.45, 7) is 8.44. The molecule has 2 fully saturated rings. The molecule has 2 amide bonds. The van der Waals surface area contributed by atoms with Crippen molar-refractivity contribution < 1.29 is 14.3 Å². The third-order valence-electron chi connectivity index (χ3n) is 8.54. The molecule has 2 aromatic heterocycles. The van der Waals surface area contributed by atoms with Gasteiger partial charge in [0.2, 0.25) is 5.91 Å². The topological polar surface area (TPSA) is 119 Å². The molecule has 3 aliphatic heterocycles. The van der Waals surface area contributed by atoms with Crippen molar-refractivity contribution in [3.63, 3.8) is 0 Å². The molecular formula is C30H37N7O3S. The number of amides is 2. The zero-order valence-corrected chi connectivity index (χ0v) is 24.7. The number of thioether (sulfide) groups is 1. The molecule has 0 unspecified atom stereocenters. The van der Waals surface area contributed by atoms with Crippen LogP contribution in [0.3, 0.4) is 0 Å². The maximum absolute atomic E-state index is 14.0. The van der Waals surface area contributed by atoms with E-state index in [0.29, 0.717) is 54.6 Å². The van der Waals surface area contributed by atoms with Gasteiger partial charge in [0.05, 0.1) is 24.8 Å². The second-order valence-corrected chi connectivity index (χ2v) is 13.0. The zero-order valence-electron chi connectivity index (χ0n) is 23.9. The molecule has 0 saturated carbocycles. The fourth-order valence-corrected chi connectivity index (χ4v) is 6.96. The number of pyridine rings is 1. The van der Waals surface area contributed by atoms with Crippen LogP contribution in [0.15, 0.2) is 35.6 Å². The largest absolute Gasteiger partial charge is 0.379 e. The first-order valence-electron chi connectivity index (χ1n) is 14.3. The maximum Gasteiger partial charge on any atom is 0.260 e. The molecule has 10 nitrogen and oxygen atoms in total. The molecule has 0 spiro atoms. The van der Waals surface area contributed by atoms with E-state index in [2.05, 4.69) is 35.0 Å². The van der Waals surface area contributed by atoms with E-state index < -0.39 is 5.91 Å². The van der Waals surface area contributed by atoms with Gasteiger partial charge in [-0.3, -0.25) is 19.4 Å². The molecule has 0 radical (unpaired) electrons. The molecule has 3 aliphatic rings. The average molecular weight is 576 g/mol. The SMILES string of the molecule is CCSc1cc(C2(Cc3nncn3C)COC2)cc(N2Cc3c(C(N)=O)cc(CN4CCC[C@H](C)C4)cc3C2=O)n1. The van der Waals surface area contributed by atoms with E-state index in [0.717, 1.165) is 47.2 Å². The van der Waals surface area contributed by atoms with Gasteiger partial charge >= 0.3 is 0 Å². The number of ether oxygens (including phenoxy) is 1. The highest BCUT2D eigenvalue weighted by molar-refractivity contribution is 7.99. The zero-order chi connectivity index (χ0) is 28.7. The van der Waals surface area contributed by atoms with Crippen LogP contribution in [0, 0.1) is 5.92 Å². The molecule has 1 aromatic carbocycles. The van der Waals surface area contributed by atoms with Gasteiger partial charge in [-0.05, 0) is 72.0 Å². The standard InChI is InChI=1S/C30H37N7O3S/c1-4-41-27-11-21(30(16-40-17-30)12-26-34-32-18-35(26)3)10-25(33-27)37-15-24-22(28(31)38)8-20(9-23(24)29(37)39)14-36-7-5-6-19(2)13-36/h8-11,18-19H,4-7,12-17H2,1-3H3,(H2,31,38)/t19-/m0/s1. The summed E-state index contributed by atoms with van der Waals surface area (Å²) in [4.78, 5) is 35.5. The Bertz CT molecular complexity index is 1480. The van der Waals surface area contributed by atoms with Crippen molar-refractivity contribution in [2.45, 2.75) is 56.6 Å². The number of hydrogen-bond donors (Lipinski definition) is 1. The number of benzene rings is 1. The predicted octanol–water partition coefficient (Wildman–Crippen LogP) is 3.32. The van der Waals surface area contributed by atoms with Crippen LogP contribution in [0.4, 0.5) is 5.82 Å². The average Bonchev–Trinajstić information content (AvgIpc) is 3.48. The quantitative estimate of drug-likeness (QED) is 0.386. The number of fused-ring (bicyclic) bond motifs is 1. The molecule has 1 atom stereocenters. The van der Waals surface area contributed by atoms with E-state index in [1.807, 2.05) is 29.8 Å². The molecule has 2 N–H and O–H groups in total. The first-order chi connectivity index (χ1) is 19.8. The van der Waals surface area contributed by atoms with Crippen molar-refractivity contribution in [1.29, 1.82) is 0 Å². The van der Waals surface area contributed by atoms with Gasteiger partial charge in [0, 0.05) is 43.1 Å². The first kappa shape index (κ1) is 27.9. The van der Waals surface area contributed by atoms with Gasteiger partial charge in [-0.2, -0.15) is 0 Å². The van der Waals surface area contributed by atoms with Crippen LogP contribution >= 0.6 is 11.8 Å². The summed E-state index contributed by atoms with van der Waals surface area (Å²) < 4.78 is 7.65. The van der Waals surface area contributed by atoms with Crippen LogP contribution in [0.5, 0.6) is 0 Å². The Morgan fingerprint density at radius 3 is 2.73 bits per heavy atom. The van der Waals surface area contributed by atoms with Gasteiger partial charge < -0.3 is 15.0 Å². The number of aryl methyl sites for hydroxylation is 1. The molecule has 6 rings (SSSR count). The highest BCUT2D eigenvalue weighted by Gasteiger charge is 2.43. The van der Waals surface area contributed by atoms with Gasteiger partial charge in [0.25, 0.3) is 5.91 Å². The second-order valence-electron chi connectivity index (χ2n) is 11.7. The molecular weight excluding hydrogens is 538 g/mol. The minimum Gasteiger partial charge on any atom is -0.379 e. The molecule has 216 valence electrons. The number of aromatic nitrogens is 4. The Kier molecular flexibility index (Phi) is 7.60. The summed E-state index contributed by atoms with van der Waals surface area (Å²) in [5.41, 5.74) is 9.22. The lowest BCUT2D eigenvalue weighted by Gasteiger charge is -2.42. The van der Waals surface area contributed by atoms with Crippen molar-refractivity contribution in [1.82, 2.24) is 24.6 Å². The van der Waals surface area contributed by atoms with Crippen molar-refractivity contribution in [3.05, 3.63) is 64.2 Å². The Hall–Kier alpha value is -3.28. The molecule has 0 bridgehead atoms.